The quantitative estimate of drug-likeness (QED) is 0.811. The molecule has 1 heterocycles. The zero-order valence-electron chi connectivity index (χ0n) is 11.5. The number of hydrogen-bond acceptors (Lipinski definition) is 3. The largest absolute Gasteiger partial charge is 0.459 e. The Labute approximate surface area is 108 Å². The number of para-hydroxylation sites is 1. The molecule has 1 aromatic heterocycles. The monoisotopic (exact) mass is 247 g/mol. The minimum atomic E-state index is 0.0520. The molecule has 2 aromatic rings. The zero-order chi connectivity index (χ0) is 13.1. The first kappa shape index (κ1) is 13.1. The van der Waals surface area contributed by atoms with E-state index < -0.39 is 0 Å². The maximum absolute atomic E-state index is 5.88. The van der Waals surface area contributed by atoms with Crippen LogP contribution in [-0.4, -0.2) is 6.61 Å². The molecule has 0 bridgehead atoms. The van der Waals surface area contributed by atoms with Crippen LogP contribution in [0.25, 0.3) is 11.0 Å². The smallest absolute Gasteiger partial charge is 0.134 e. The van der Waals surface area contributed by atoms with Crippen molar-refractivity contribution in [2.24, 2.45) is 5.92 Å². The maximum atomic E-state index is 5.88. The van der Waals surface area contributed by atoms with Gasteiger partial charge >= 0.3 is 0 Å². The van der Waals surface area contributed by atoms with Gasteiger partial charge < -0.3 is 9.25 Å². The summed E-state index contributed by atoms with van der Waals surface area (Å²) in [6, 6.07) is 8.15. The standard InChI is InChI=1S/C15H21NO2/c1-10(2)9-17-16-12(4)15-11(3)13-7-5-6-8-14(13)18-15/h5-8,10,12,16H,9H2,1-4H3. The second-order valence-corrected chi connectivity index (χ2v) is 5.13. The molecule has 1 unspecified atom stereocenters. The molecule has 0 aliphatic rings. The molecule has 0 amide bonds. The highest BCUT2D eigenvalue weighted by Gasteiger charge is 2.16. The van der Waals surface area contributed by atoms with Crippen molar-refractivity contribution in [3.05, 3.63) is 35.6 Å². The van der Waals surface area contributed by atoms with Crippen LogP contribution in [0.4, 0.5) is 0 Å². The van der Waals surface area contributed by atoms with Crippen LogP contribution in [-0.2, 0) is 4.84 Å². The molecule has 1 N–H and O–H groups in total. The van der Waals surface area contributed by atoms with E-state index in [1.54, 1.807) is 0 Å². The van der Waals surface area contributed by atoms with Crippen molar-refractivity contribution < 1.29 is 9.25 Å². The second-order valence-electron chi connectivity index (χ2n) is 5.13. The van der Waals surface area contributed by atoms with E-state index >= 15 is 0 Å². The highest BCUT2D eigenvalue weighted by Crippen LogP contribution is 2.29. The Kier molecular flexibility index (Phi) is 4.04. The summed E-state index contributed by atoms with van der Waals surface area (Å²) < 4.78 is 5.88. The van der Waals surface area contributed by atoms with Gasteiger partial charge in [-0.05, 0) is 25.8 Å². The van der Waals surface area contributed by atoms with Gasteiger partial charge in [-0.25, -0.2) is 0 Å². The summed E-state index contributed by atoms with van der Waals surface area (Å²) in [6.45, 7) is 9.08. The Morgan fingerprint density at radius 3 is 2.61 bits per heavy atom. The molecule has 0 fully saturated rings. The normalized spacial score (nSPS) is 13.4. The van der Waals surface area contributed by atoms with Crippen molar-refractivity contribution in [3.63, 3.8) is 0 Å². The fraction of sp³-hybridized carbons (Fsp3) is 0.467. The SMILES string of the molecule is Cc1c(C(C)NOCC(C)C)oc2ccccc12. The first-order chi connectivity index (χ1) is 8.59. The van der Waals surface area contributed by atoms with Gasteiger partial charge in [0.2, 0.25) is 0 Å². The van der Waals surface area contributed by atoms with Gasteiger partial charge in [0.05, 0.1) is 12.6 Å². The molecular formula is C15H21NO2. The minimum absolute atomic E-state index is 0.0520. The van der Waals surface area contributed by atoms with E-state index in [2.05, 4.69) is 32.3 Å². The van der Waals surface area contributed by atoms with Gasteiger partial charge in [0, 0.05) is 10.9 Å². The molecule has 1 aromatic carbocycles. The molecule has 0 spiro atoms. The van der Waals surface area contributed by atoms with Gasteiger partial charge in [0.1, 0.15) is 11.3 Å². The lowest BCUT2D eigenvalue weighted by atomic mass is 10.1. The molecule has 1 atom stereocenters. The van der Waals surface area contributed by atoms with Gasteiger partial charge in [-0.15, -0.1) is 0 Å². The van der Waals surface area contributed by atoms with Crippen molar-refractivity contribution in [2.75, 3.05) is 6.61 Å². The molecule has 0 saturated heterocycles. The summed E-state index contributed by atoms with van der Waals surface area (Å²) in [5, 5.41) is 1.17. The number of hydroxylamine groups is 1. The van der Waals surface area contributed by atoms with Crippen LogP contribution in [0.1, 0.15) is 38.1 Å². The first-order valence-electron chi connectivity index (χ1n) is 6.45. The topological polar surface area (TPSA) is 34.4 Å². The molecule has 98 valence electrons. The predicted octanol–water partition coefficient (Wildman–Crippen LogP) is 3.98. The summed E-state index contributed by atoms with van der Waals surface area (Å²) in [7, 11) is 0. The Bertz CT molecular complexity index is 516. The van der Waals surface area contributed by atoms with Gasteiger partial charge in [-0.1, -0.05) is 32.0 Å². The molecule has 0 aliphatic heterocycles. The number of nitrogens with one attached hydrogen (secondary N) is 1. The maximum Gasteiger partial charge on any atom is 0.134 e. The van der Waals surface area contributed by atoms with Crippen LogP contribution in [0, 0.1) is 12.8 Å². The van der Waals surface area contributed by atoms with Gasteiger partial charge in [0.15, 0.2) is 0 Å². The number of furan rings is 1. The van der Waals surface area contributed by atoms with E-state index in [0.29, 0.717) is 12.5 Å². The Hall–Kier alpha value is -1.32. The van der Waals surface area contributed by atoms with Crippen molar-refractivity contribution in [1.29, 1.82) is 0 Å². The van der Waals surface area contributed by atoms with Crippen LogP contribution >= 0.6 is 0 Å². The van der Waals surface area contributed by atoms with Crippen LogP contribution in [0.15, 0.2) is 28.7 Å². The van der Waals surface area contributed by atoms with Gasteiger partial charge in [-0.2, -0.15) is 5.48 Å². The van der Waals surface area contributed by atoms with Crippen molar-refractivity contribution >= 4 is 11.0 Å². The van der Waals surface area contributed by atoms with Gasteiger partial charge in [-0.3, -0.25) is 0 Å². The number of benzene rings is 1. The van der Waals surface area contributed by atoms with Crippen molar-refractivity contribution in [1.82, 2.24) is 5.48 Å². The van der Waals surface area contributed by atoms with Crippen LogP contribution in [0.5, 0.6) is 0 Å². The second kappa shape index (κ2) is 5.55. The Balaban J connectivity index is 2.12. The zero-order valence-corrected chi connectivity index (χ0v) is 11.5. The predicted molar refractivity (Wildman–Crippen MR) is 73.3 cm³/mol. The average molecular weight is 247 g/mol. The van der Waals surface area contributed by atoms with Crippen molar-refractivity contribution in [3.8, 4) is 0 Å². The van der Waals surface area contributed by atoms with E-state index in [0.717, 1.165) is 11.3 Å². The lowest BCUT2D eigenvalue weighted by Crippen LogP contribution is -2.21. The molecular weight excluding hydrogens is 226 g/mol. The van der Waals surface area contributed by atoms with Crippen LogP contribution in [0.2, 0.25) is 0 Å². The first-order valence-corrected chi connectivity index (χ1v) is 6.45. The van der Waals surface area contributed by atoms with Crippen molar-refractivity contribution in [2.45, 2.75) is 33.7 Å². The van der Waals surface area contributed by atoms with Crippen LogP contribution < -0.4 is 5.48 Å². The molecule has 3 nitrogen and oxygen atoms in total. The molecule has 18 heavy (non-hydrogen) atoms. The lowest BCUT2D eigenvalue weighted by Gasteiger charge is -2.13. The third-order valence-corrected chi connectivity index (χ3v) is 2.95. The highest BCUT2D eigenvalue weighted by molar-refractivity contribution is 5.82. The minimum Gasteiger partial charge on any atom is -0.459 e. The molecule has 0 saturated carbocycles. The molecule has 2 rings (SSSR count). The highest BCUT2D eigenvalue weighted by atomic mass is 16.6. The van der Waals surface area contributed by atoms with E-state index in [9.17, 15) is 0 Å². The van der Waals surface area contributed by atoms with E-state index in [4.69, 9.17) is 9.25 Å². The summed E-state index contributed by atoms with van der Waals surface area (Å²) >= 11 is 0. The fourth-order valence-electron chi connectivity index (χ4n) is 2.00. The summed E-state index contributed by atoms with van der Waals surface area (Å²) in [6.07, 6.45) is 0. The van der Waals surface area contributed by atoms with E-state index in [-0.39, 0.29) is 6.04 Å². The summed E-state index contributed by atoms with van der Waals surface area (Å²) in [5.74, 6) is 1.46. The number of fused-ring (bicyclic) bond motifs is 1. The summed E-state index contributed by atoms with van der Waals surface area (Å²) in [5.41, 5.74) is 5.15. The molecule has 0 radical (unpaired) electrons. The molecule has 0 aliphatic carbocycles. The number of rotatable bonds is 5. The van der Waals surface area contributed by atoms with E-state index in [1.807, 2.05) is 25.1 Å². The van der Waals surface area contributed by atoms with Crippen LogP contribution in [0.3, 0.4) is 0 Å². The number of aryl methyl sites for hydroxylation is 1. The Morgan fingerprint density at radius 1 is 1.22 bits per heavy atom. The Morgan fingerprint density at radius 2 is 1.94 bits per heavy atom. The third-order valence-electron chi connectivity index (χ3n) is 2.95. The molecule has 3 heteroatoms. The average Bonchev–Trinajstić information content (AvgIpc) is 2.67. The fourth-order valence-corrected chi connectivity index (χ4v) is 2.00. The summed E-state index contributed by atoms with van der Waals surface area (Å²) in [4.78, 5) is 5.45. The number of hydrogen-bond donors (Lipinski definition) is 1. The van der Waals surface area contributed by atoms with E-state index in [1.165, 1.54) is 10.9 Å². The third kappa shape index (κ3) is 2.74. The van der Waals surface area contributed by atoms with Gasteiger partial charge in [0.25, 0.3) is 0 Å². The lowest BCUT2D eigenvalue weighted by molar-refractivity contribution is 0.000111.